The molecule has 4 nitrogen and oxygen atoms in total. The summed E-state index contributed by atoms with van der Waals surface area (Å²) in [7, 11) is 0. The molecular formula is C14H15N3O. The van der Waals surface area contributed by atoms with Gasteiger partial charge in [-0.15, -0.1) is 0 Å². The summed E-state index contributed by atoms with van der Waals surface area (Å²) in [4.78, 5) is 8.70. The minimum absolute atomic E-state index is 0.710. The molecule has 0 aliphatic carbocycles. The third kappa shape index (κ3) is 2.91. The second-order valence-corrected chi connectivity index (χ2v) is 4.06. The van der Waals surface area contributed by atoms with Crippen LogP contribution in [0.25, 0.3) is 11.4 Å². The first-order valence-electron chi connectivity index (χ1n) is 5.84. The van der Waals surface area contributed by atoms with E-state index in [9.17, 15) is 0 Å². The topological polar surface area (TPSA) is 58.4 Å². The monoisotopic (exact) mass is 241 g/mol. The summed E-state index contributed by atoms with van der Waals surface area (Å²) >= 11 is 0. The van der Waals surface area contributed by atoms with Crippen molar-refractivity contribution in [3.05, 3.63) is 48.3 Å². The standard InChI is InChI=1S/C14H15N3O/c1-11(17-18)7-8-12-5-4-10-16-14(12)13-6-2-3-9-15-13/h2-6,9-10,18H,7-8H2,1H3. The highest BCUT2D eigenvalue weighted by Gasteiger charge is 2.07. The lowest BCUT2D eigenvalue weighted by Gasteiger charge is -2.07. The molecule has 0 aliphatic heterocycles. The lowest BCUT2D eigenvalue weighted by molar-refractivity contribution is 0.317. The van der Waals surface area contributed by atoms with Gasteiger partial charge in [0.2, 0.25) is 0 Å². The Balaban J connectivity index is 2.26. The maximum Gasteiger partial charge on any atom is 0.0918 e. The van der Waals surface area contributed by atoms with Crippen molar-refractivity contribution >= 4 is 5.71 Å². The minimum Gasteiger partial charge on any atom is -0.411 e. The molecule has 0 atom stereocenters. The lowest BCUT2D eigenvalue weighted by Crippen LogP contribution is -1.99. The molecule has 2 rings (SSSR count). The fourth-order valence-corrected chi connectivity index (χ4v) is 1.74. The smallest absolute Gasteiger partial charge is 0.0918 e. The molecule has 0 spiro atoms. The van der Waals surface area contributed by atoms with Gasteiger partial charge in [0.1, 0.15) is 0 Å². The maximum absolute atomic E-state index is 8.66. The number of nitrogens with zero attached hydrogens (tertiary/aromatic N) is 3. The number of oxime groups is 1. The van der Waals surface area contributed by atoms with Crippen molar-refractivity contribution in [3.8, 4) is 11.4 Å². The van der Waals surface area contributed by atoms with E-state index in [0.29, 0.717) is 12.1 Å². The SMILES string of the molecule is CC(CCc1cccnc1-c1ccccn1)=NO. The number of hydrogen-bond donors (Lipinski definition) is 1. The molecule has 0 aromatic carbocycles. The summed E-state index contributed by atoms with van der Waals surface area (Å²) in [5.41, 5.74) is 3.58. The van der Waals surface area contributed by atoms with Crippen molar-refractivity contribution in [2.24, 2.45) is 5.16 Å². The molecule has 2 aromatic rings. The molecule has 0 aliphatic rings. The Morgan fingerprint density at radius 2 is 2.00 bits per heavy atom. The second-order valence-electron chi connectivity index (χ2n) is 4.06. The van der Waals surface area contributed by atoms with Crippen LogP contribution in [0.1, 0.15) is 18.9 Å². The van der Waals surface area contributed by atoms with Crippen molar-refractivity contribution in [2.45, 2.75) is 19.8 Å². The molecule has 0 radical (unpaired) electrons. The van der Waals surface area contributed by atoms with Gasteiger partial charge >= 0.3 is 0 Å². The predicted molar refractivity (Wildman–Crippen MR) is 70.7 cm³/mol. The van der Waals surface area contributed by atoms with Crippen LogP contribution < -0.4 is 0 Å². The van der Waals surface area contributed by atoms with Gasteiger partial charge in [-0.2, -0.15) is 0 Å². The number of aromatic nitrogens is 2. The maximum atomic E-state index is 8.66. The van der Waals surface area contributed by atoms with E-state index in [1.165, 1.54) is 0 Å². The van der Waals surface area contributed by atoms with Gasteiger partial charge in [-0.25, -0.2) is 0 Å². The van der Waals surface area contributed by atoms with E-state index < -0.39 is 0 Å². The van der Waals surface area contributed by atoms with Crippen LogP contribution >= 0.6 is 0 Å². The van der Waals surface area contributed by atoms with E-state index in [4.69, 9.17) is 5.21 Å². The zero-order valence-electron chi connectivity index (χ0n) is 10.2. The summed E-state index contributed by atoms with van der Waals surface area (Å²) in [6, 6.07) is 9.71. The predicted octanol–water partition coefficient (Wildman–Crippen LogP) is 2.93. The number of aryl methyl sites for hydroxylation is 1. The Kier molecular flexibility index (Phi) is 4.02. The van der Waals surface area contributed by atoms with Crippen molar-refractivity contribution in [1.29, 1.82) is 0 Å². The highest BCUT2D eigenvalue weighted by atomic mass is 16.4. The molecule has 1 N–H and O–H groups in total. The average molecular weight is 241 g/mol. The van der Waals surface area contributed by atoms with Crippen LogP contribution in [-0.4, -0.2) is 20.9 Å². The molecule has 2 aromatic heterocycles. The van der Waals surface area contributed by atoms with E-state index in [1.807, 2.05) is 30.3 Å². The molecule has 0 fully saturated rings. The summed E-state index contributed by atoms with van der Waals surface area (Å²) in [5.74, 6) is 0. The molecule has 0 unspecified atom stereocenters. The van der Waals surface area contributed by atoms with Crippen LogP contribution in [0, 0.1) is 0 Å². The Hall–Kier alpha value is -2.23. The zero-order valence-corrected chi connectivity index (χ0v) is 10.2. The van der Waals surface area contributed by atoms with Crippen LogP contribution in [0.3, 0.4) is 0 Å². The van der Waals surface area contributed by atoms with Gasteiger partial charge in [0.05, 0.1) is 17.1 Å². The van der Waals surface area contributed by atoms with Crippen molar-refractivity contribution in [2.75, 3.05) is 0 Å². The molecule has 0 saturated carbocycles. The Bertz CT molecular complexity index is 538. The Labute approximate surface area is 106 Å². The molecule has 0 amide bonds. The lowest BCUT2D eigenvalue weighted by atomic mass is 10.0. The van der Waals surface area contributed by atoms with E-state index in [2.05, 4.69) is 15.1 Å². The summed E-state index contributed by atoms with van der Waals surface area (Å²) in [6.45, 7) is 1.80. The number of hydrogen-bond acceptors (Lipinski definition) is 4. The second kappa shape index (κ2) is 5.91. The van der Waals surface area contributed by atoms with Crippen LogP contribution in [-0.2, 0) is 6.42 Å². The Morgan fingerprint density at radius 1 is 1.17 bits per heavy atom. The first-order valence-corrected chi connectivity index (χ1v) is 5.84. The molecule has 2 heterocycles. The van der Waals surface area contributed by atoms with Crippen LogP contribution in [0.4, 0.5) is 0 Å². The molecule has 4 heteroatoms. The molecule has 92 valence electrons. The van der Waals surface area contributed by atoms with Crippen LogP contribution in [0.5, 0.6) is 0 Å². The van der Waals surface area contributed by atoms with Gasteiger partial charge in [0, 0.05) is 12.4 Å². The average Bonchev–Trinajstić information content (AvgIpc) is 2.46. The van der Waals surface area contributed by atoms with Crippen molar-refractivity contribution in [3.63, 3.8) is 0 Å². The summed E-state index contributed by atoms with van der Waals surface area (Å²) < 4.78 is 0. The van der Waals surface area contributed by atoms with E-state index in [1.54, 1.807) is 19.3 Å². The van der Waals surface area contributed by atoms with Gasteiger partial charge in [-0.1, -0.05) is 17.3 Å². The highest BCUT2D eigenvalue weighted by molar-refractivity contribution is 5.81. The highest BCUT2D eigenvalue weighted by Crippen LogP contribution is 2.19. The quantitative estimate of drug-likeness (QED) is 0.508. The fraction of sp³-hybridized carbons (Fsp3) is 0.214. The van der Waals surface area contributed by atoms with Gasteiger partial charge in [0.25, 0.3) is 0 Å². The molecular weight excluding hydrogens is 226 g/mol. The molecule has 0 bridgehead atoms. The number of rotatable bonds is 4. The van der Waals surface area contributed by atoms with Gasteiger partial charge in [0.15, 0.2) is 0 Å². The Morgan fingerprint density at radius 3 is 2.72 bits per heavy atom. The van der Waals surface area contributed by atoms with Gasteiger partial charge < -0.3 is 5.21 Å². The van der Waals surface area contributed by atoms with E-state index in [-0.39, 0.29) is 0 Å². The first kappa shape index (κ1) is 12.2. The summed E-state index contributed by atoms with van der Waals surface area (Å²) in [5, 5.41) is 11.8. The molecule has 0 saturated heterocycles. The third-order valence-electron chi connectivity index (χ3n) is 2.73. The zero-order chi connectivity index (χ0) is 12.8. The fourth-order valence-electron chi connectivity index (χ4n) is 1.74. The van der Waals surface area contributed by atoms with Crippen molar-refractivity contribution < 1.29 is 5.21 Å². The van der Waals surface area contributed by atoms with E-state index >= 15 is 0 Å². The van der Waals surface area contributed by atoms with Crippen LogP contribution in [0.15, 0.2) is 47.9 Å². The van der Waals surface area contributed by atoms with Crippen LogP contribution in [0.2, 0.25) is 0 Å². The largest absolute Gasteiger partial charge is 0.411 e. The first-order chi connectivity index (χ1) is 8.81. The summed E-state index contributed by atoms with van der Waals surface area (Å²) in [6.07, 6.45) is 5.02. The normalized spacial score (nSPS) is 11.5. The number of pyridine rings is 2. The van der Waals surface area contributed by atoms with Gasteiger partial charge in [-0.3, -0.25) is 9.97 Å². The minimum atomic E-state index is 0.710. The third-order valence-corrected chi connectivity index (χ3v) is 2.73. The van der Waals surface area contributed by atoms with Gasteiger partial charge in [-0.05, 0) is 43.5 Å². The van der Waals surface area contributed by atoms with E-state index in [0.717, 1.165) is 23.4 Å². The molecule has 18 heavy (non-hydrogen) atoms. The van der Waals surface area contributed by atoms with Crippen molar-refractivity contribution in [1.82, 2.24) is 9.97 Å².